The second kappa shape index (κ2) is 73.3. The molecule has 0 aliphatic rings. The van der Waals surface area contributed by atoms with Gasteiger partial charge in [0.15, 0.2) is 12.4 Å². The van der Waals surface area contributed by atoms with Crippen LogP contribution < -0.4 is 5.11 Å². The number of carboxylic acid groups (broad SMARTS) is 1. The Balaban J connectivity index is 4.04. The number of ether oxygens (including phenoxy) is 4. The van der Waals surface area contributed by atoms with Crippen LogP contribution in [0.4, 0.5) is 0 Å². The fourth-order valence-corrected chi connectivity index (χ4v) is 11.5. The van der Waals surface area contributed by atoms with Gasteiger partial charge in [-0.05, 0) is 70.6 Å². The largest absolute Gasteiger partial charge is 0.545 e. The van der Waals surface area contributed by atoms with Crippen molar-refractivity contribution in [3.8, 4) is 0 Å². The van der Waals surface area contributed by atoms with Crippen molar-refractivity contribution >= 4 is 17.9 Å². The number of rotatable bonds is 73. The number of aliphatic carboxylic acids is 1. The van der Waals surface area contributed by atoms with Gasteiger partial charge in [-0.3, -0.25) is 9.59 Å². The van der Waals surface area contributed by atoms with E-state index in [1.165, 1.54) is 250 Å². The average molecular weight is 1290 g/mol. The first kappa shape index (κ1) is 88.5. The lowest BCUT2D eigenvalue weighted by atomic mass is 10.0. The van der Waals surface area contributed by atoms with Crippen molar-refractivity contribution in [2.24, 2.45) is 0 Å². The molecule has 0 aromatic carbocycles. The standard InChI is InChI=1S/C83H149NO8/c1-6-8-10-12-14-16-18-20-22-24-26-28-30-32-34-36-38-40-41-42-44-46-48-50-52-54-56-58-60-62-64-66-68-70-72-74-81(86)92-79(78-91-83(82(87)88)89-76-75-84(3,4)5)77-90-80(85)73-71-69-67-65-63-61-59-57-55-53-51-49-47-45-43-39-37-35-33-31-29-27-25-23-21-19-17-15-13-11-9-7-2/h8,10,14,16,20,22,26,28,32,34,38,40,42,44,79,83H,6-7,9,11-13,15,17-19,21,23-25,27,29-31,33,35-37,39,41,43,45-78H2,1-5H3/b10-8-,16-14-,22-20-,28-26-,34-32-,40-38-,44-42-. The Labute approximate surface area is 570 Å². The van der Waals surface area contributed by atoms with E-state index in [1.807, 2.05) is 21.1 Å². The second-order valence-corrected chi connectivity index (χ2v) is 27.6. The van der Waals surface area contributed by atoms with Gasteiger partial charge in [-0.25, -0.2) is 0 Å². The lowest BCUT2D eigenvalue weighted by molar-refractivity contribution is -0.870. The van der Waals surface area contributed by atoms with Gasteiger partial charge >= 0.3 is 11.9 Å². The molecule has 0 aromatic rings. The first-order chi connectivity index (χ1) is 45.1. The molecule has 0 saturated carbocycles. The van der Waals surface area contributed by atoms with Crippen molar-refractivity contribution in [2.45, 2.75) is 379 Å². The number of likely N-dealkylation sites (N-methyl/N-ethyl adjacent to an activating group) is 1. The number of nitrogens with zero attached hydrogens (tertiary/aromatic N) is 1. The molecule has 0 spiro atoms. The van der Waals surface area contributed by atoms with Crippen LogP contribution in [0.2, 0.25) is 0 Å². The van der Waals surface area contributed by atoms with Crippen molar-refractivity contribution in [1.82, 2.24) is 0 Å². The molecule has 0 fully saturated rings. The van der Waals surface area contributed by atoms with Gasteiger partial charge in [0.25, 0.3) is 0 Å². The molecular formula is C83H149NO8. The first-order valence-corrected chi connectivity index (χ1v) is 39.2. The molecule has 9 heteroatoms. The molecule has 0 aliphatic carbocycles. The lowest BCUT2D eigenvalue weighted by Crippen LogP contribution is -2.44. The van der Waals surface area contributed by atoms with Gasteiger partial charge in [-0.1, -0.05) is 369 Å². The maximum absolute atomic E-state index is 13.0. The monoisotopic (exact) mass is 1290 g/mol. The predicted octanol–water partition coefficient (Wildman–Crippen LogP) is 23.6. The molecule has 0 saturated heterocycles. The second-order valence-electron chi connectivity index (χ2n) is 27.6. The molecule has 0 aromatic heterocycles. The summed E-state index contributed by atoms with van der Waals surface area (Å²) in [4.78, 5) is 37.6. The zero-order valence-corrected chi connectivity index (χ0v) is 61.2. The molecule has 0 rings (SSSR count). The molecule has 2 unspecified atom stereocenters. The molecule has 2 atom stereocenters. The summed E-state index contributed by atoms with van der Waals surface area (Å²) in [5.74, 6) is -2.26. The Morgan fingerprint density at radius 2 is 0.620 bits per heavy atom. The average Bonchev–Trinajstić information content (AvgIpc) is 3.70. The van der Waals surface area contributed by atoms with Crippen LogP contribution >= 0.6 is 0 Å². The highest BCUT2D eigenvalue weighted by atomic mass is 16.7. The van der Waals surface area contributed by atoms with Crippen molar-refractivity contribution in [3.05, 3.63) is 85.1 Å². The lowest BCUT2D eigenvalue weighted by Gasteiger charge is -2.26. The van der Waals surface area contributed by atoms with Gasteiger partial charge in [-0.15, -0.1) is 0 Å². The Morgan fingerprint density at radius 1 is 0.337 bits per heavy atom. The number of carbonyl (C=O) groups is 3. The van der Waals surface area contributed by atoms with Crippen molar-refractivity contribution in [3.63, 3.8) is 0 Å². The SMILES string of the molecule is CC/C=C\C/C=C\C/C=C\C/C=C\C/C=C\C/C=C\C/C=C\CCCCCCCCCCCCCCCC(=O)OC(COC(=O)CCCCCCCCCCCCCCCCCCCCCCCCCCCCCCCCCC)COC(OCC[N+](C)(C)C)C(=O)[O-]. The van der Waals surface area contributed by atoms with E-state index in [9.17, 15) is 19.5 Å². The number of allylic oxidation sites excluding steroid dienone is 14. The number of carbonyl (C=O) groups excluding carboxylic acids is 3. The summed E-state index contributed by atoms with van der Waals surface area (Å²) in [6.45, 7) is 4.69. The first-order valence-electron chi connectivity index (χ1n) is 39.2. The molecule has 0 radical (unpaired) electrons. The highest BCUT2D eigenvalue weighted by Crippen LogP contribution is 2.19. The summed E-state index contributed by atoms with van der Waals surface area (Å²) >= 11 is 0. The van der Waals surface area contributed by atoms with E-state index in [1.54, 1.807) is 0 Å². The fourth-order valence-electron chi connectivity index (χ4n) is 11.5. The quantitative estimate of drug-likeness (QED) is 0.0195. The van der Waals surface area contributed by atoms with Crippen molar-refractivity contribution in [2.75, 3.05) is 47.5 Å². The third kappa shape index (κ3) is 73.9. The van der Waals surface area contributed by atoms with E-state index >= 15 is 0 Å². The number of carboxylic acids is 1. The maximum atomic E-state index is 13.0. The smallest absolute Gasteiger partial charge is 0.306 e. The molecule has 0 N–H and O–H groups in total. The van der Waals surface area contributed by atoms with E-state index in [-0.39, 0.29) is 32.2 Å². The van der Waals surface area contributed by atoms with Gasteiger partial charge < -0.3 is 33.3 Å². The third-order valence-corrected chi connectivity index (χ3v) is 17.4. The van der Waals surface area contributed by atoms with Crippen LogP contribution in [0.3, 0.4) is 0 Å². The Morgan fingerprint density at radius 3 is 0.924 bits per heavy atom. The van der Waals surface area contributed by atoms with Gasteiger partial charge in [0.1, 0.15) is 13.2 Å². The topological polar surface area (TPSA) is 111 Å². The van der Waals surface area contributed by atoms with E-state index in [4.69, 9.17) is 18.9 Å². The van der Waals surface area contributed by atoms with Crippen LogP contribution in [0, 0.1) is 0 Å². The maximum Gasteiger partial charge on any atom is 0.306 e. The molecule has 92 heavy (non-hydrogen) atoms. The Hall–Kier alpha value is -3.53. The molecule has 0 amide bonds. The van der Waals surface area contributed by atoms with Crippen molar-refractivity contribution in [1.29, 1.82) is 0 Å². The normalized spacial score (nSPS) is 13.1. The minimum absolute atomic E-state index is 0.147. The van der Waals surface area contributed by atoms with Gasteiger partial charge in [0, 0.05) is 12.8 Å². The number of quaternary nitrogens is 1. The van der Waals surface area contributed by atoms with Crippen molar-refractivity contribution < 1.29 is 42.9 Å². The van der Waals surface area contributed by atoms with Crippen LogP contribution in [0.15, 0.2) is 85.1 Å². The summed E-state index contributed by atoms with van der Waals surface area (Å²) in [7, 11) is 5.94. The molecule has 9 nitrogen and oxygen atoms in total. The molecule has 0 aliphatic heterocycles. The van der Waals surface area contributed by atoms with Crippen LogP contribution in [0.25, 0.3) is 0 Å². The number of esters is 2. The molecule has 534 valence electrons. The minimum Gasteiger partial charge on any atom is -0.545 e. The zero-order valence-electron chi connectivity index (χ0n) is 61.2. The van der Waals surface area contributed by atoms with E-state index < -0.39 is 24.3 Å². The summed E-state index contributed by atoms with van der Waals surface area (Å²) in [5.41, 5.74) is 0. The molecular weight excluding hydrogens is 1140 g/mol. The summed E-state index contributed by atoms with van der Waals surface area (Å²) in [6, 6.07) is 0. The van der Waals surface area contributed by atoms with Crippen LogP contribution in [-0.4, -0.2) is 82.3 Å². The summed E-state index contributed by atoms with van der Waals surface area (Å²) in [6.07, 6.45) is 97.0. The molecule has 0 heterocycles. The van der Waals surface area contributed by atoms with Crippen LogP contribution in [0.5, 0.6) is 0 Å². The third-order valence-electron chi connectivity index (χ3n) is 17.4. The summed E-state index contributed by atoms with van der Waals surface area (Å²) in [5, 5.41) is 11.9. The van der Waals surface area contributed by atoms with Crippen LogP contribution in [-0.2, 0) is 33.3 Å². The van der Waals surface area contributed by atoms with Gasteiger partial charge in [-0.2, -0.15) is 0 Å². The summed E-state index contributed by atoms with van der Waals surface area (Å²) < 4.78 is 22.9. The Kier molecular flexibility index (Phi) is 70.5. The number of hydrogen-bond acceptors (Lipinski definition) is 8. The molecule has 0 bridgehead atoms. The van der Waals surface area contributed by atoms with E-state index in [0.717, 1.165) is 83.5 Å². The Bertz CT molecular complexity index is 1790. The fraction of sp³-hybridized carbons (Fsp3) is 0.795. The van der Waals surface area contributed by atoms with Gasteiger partial charge in [0.2, 0.25) is 0 Å². The minimum atomic E-state index is -1.62. The number of hydrogen-bond donors (Lipinski definition) is 0. The predicted molar refractivity (Wildman–Crippen MR) is 394 cm³/mol. The van der Waals surface area contributed by atoms with Crippen LogP contribution in [0.1, 0.15) is 367 Å². The highest BCUT2D eigenvalue weighted by Gasteiger charge is 2.22. The van der Waals surface area contributed by atoms with E-state index in [0.29, 0.717) is 23.9 Å². The highest BCUT2D eigenvalue weighted by molar-refractivity contribution is 5.70. The number of unbranched alkanes of at least 4 members (excludes halogenated alkanes) is 44. The van der Waals surface area contributed by atoms with Gasteiger partial charge in [0.05, 0.1) is 40.3 Å². The van der Waals surface area contributed by atoms with E-state index in [2.05, 4.69) is 98.9 Å². The zero-order chi connectivity index (χ0) is 66.8.